The Balaban J connectivity index is 2.03. The van der Waals surface area contributed by atoms with Gasteiger partial charge in [-0.25, -0.2) is 9.59 Å². The number of aryl methyl sites for hydroxylation is 1. The molecule has 0 unspecified atom stereocenters. The molecule has 0 spiro atoms. The van der Waals surface area contributed by atoms with E-state index in [0.717, 1.165) is 10.9 Å². The van der Waals surface area contributed by atoms with Crippen molar-refractivity contribution in [3.05, 3.63) is 39.7 Å². The Morgan fingerprint density at radius 2 is 1.85 bits per heavy atom. The van der Waals surface area contributed by atoms with E-state index in [1.807, 2.05) is 0 Å². The SMILES string of the molecule is COc1ccc2c(C)c(CCC(=O)OCC(=O)OC(C)(C)C)c(=O)oc2c1. The number of carbonyl (C=O) groups excluding carboxylic acids is 2. The molecular formula is C20H24O7. The second-order valence-corrected chi connectivity index (χ2v) is 7.10. The molecule has 146 valence electrons. The molecule has 0 aliphatic carbocycles. The van der Waals surface area contributed by atoms with Crippen LogP contribution < -0.4 is 10.4 Å². The summed E-state index contributed by atoms with van der Waals surface area (Å²) in [5.41, 5.74) is 0.417. The fourth-order valence-electron chi connectivity index (χ4n) is 2.60. The van der Waals surface area contributed by atoms with Crippen molar-refractivity contribution in [2.24, 2.45) is 0 Å². The molecule has 0 aliphatic heterocycles. The molecule has 1 heterocycles. The predicted molar refractivity (Wildman–Crippen MR) is 98.9 cm³/mol. The van der Waals surface area contributed by atoms with E-state index >= 15 is 0 Å². The van der Waals surface area contributed by atoms with Crippen molar-refractivity contribution in [3.63, 3.8) is 0 Å². The van der Waals surface area contributed by atoms with E-state index in [1.54, 1.807) is 45.9 Å². The molecule has 0 fully saturated rings. The maximum Gasteiger partial charge on any atom is 0.344 e. The van der Waals surface area contributed by atoms with Crippen molar-refractivity contribution in [1.29, 1.82) is 0 Å². The highest BCUT2D eigenvalue weighted by molar-refractivity contribution is 5.82. The van der Waals surface area contributed by atoms with Crippen LogP contribution in [-0.2, 0) is 25.5 Å². The Kier molecular flexibility index (Phi) is 6.25. The lowest BCUT2D eigenvalue weighted by atomic mass is 10.0. The largest absolute Gasteiger partial charge is 0.497 e. The van der Waals surface area contributed by atoms with Crippen LogP contribution in [-0.4, -0.2) is 31.3 Å². The molecule has 0 saturated heterocycles. The summed E-state index contributed by atoms with van der Waals surface area (Å²) in [6.45, 7) is 6.52. The van der Waals surface area contributed by atoms with E-state index in [2.05, 4.69) is 0 Å². The van der Waals surface area contributed by atoms with E-state index in [4.69, 9.17) is 18.6 Å². The quantitative estimate of drug-likeness (QED) is 0.565. The second-order valence-electron chi connectivity index (χ2n) is 7.10. The first-order valence-electron chi connectivity index (χ1n) is 8.58. The maximum atomic E-state index is 12.3. The number of hydrogen-bond acceptors (Lipinski definition) is 7. The summed E-state index contributed by atoms with van der Waals surface area (Å²) >= 11 is 0. The Labute approximate surface area is 157 Å². The topological polar surface area (TPSA) is 92.0 Å². The molecular weight excluding hydrogens is 352 g/mol. The van der Waals surface area contributed by atoms with Crippen LogP contribution >= 0.6 is 0 Å². The van der Waals surface area contributed by atoms with Gasteiger partial charge in [-0.3, -0.25) is 4.79 Å². The lowest BCUT2D eigenvalue weighted by molar-refractivity contribution is -0.166. The summed E-state index contributed by atoms with van der Waals surface area (Å²) in [7, 11) is 1.53. The normalized spacial score (nSPS) is 11.3. The van der Waals surface area contributed by atoms with Crippen LogP contribution in [0.4, 0.5) is 0 Å². The van der Waals surface area contributed by atoms with Crippen molar-refractivity contribution in [2.75, 3.05) is 13.7 Å². The van der Waals surface area contributed by atoms with Gasteiger partial charge in [0, 0.05) is 23.4 Å². The van der Waals surface area contributed by atoms with Crippen molar-refractivity contribution in [1.82, 2.24) is 0 Å². The lowest BCUT2D eigenvalue weighted by Crippen LogP contribution is -2.27. The first kappa shape index (κ1) is 20.5. The molecule has 0 atom stereocenters. The van der Waals surface area contributed by atoms with Crippen LogP contribution in [0.2, 0.25) is 0 Å². The Morgan fingerprint density at radius 1 is 1.15 bits per heavy atom. The molecule has 7 nitrogen and oxygen atoms in total. The molecule has 1 aromatic carbocycles. The number of esters is 2. The number of rotatable bonds is 6. The van der Waals surface area contributed by atoms with Gasteiger partial charge in [0.05, 0.1) is 7.11 Å². The first-order valence-corrected chi connectivity index (χ1v) is 8.58. The van der Waals surface area contributed by atoms with Crippen LogP contribution in [0, 0.1) is 6.92 Å². The van der Waals surface area contributed by atoms with Gasteiger partial charge in [0.2, 0.25) is 0 Å². The van der Waals surface area contributed by atoms with Crippen LogP contribution in [0.1, 0.15) is 38.3 Å². The highest BCUT2D eigenvalue weighted by atomic mass is 16.6. The minimum absolute atomic E-state index is 0.0456. The molecule has 7 heteroatoms. The molecule has 1 aromatic heterocycles. The molecule has 27 heavy (non-hydrogen) atoms. The van der Waals surface area contributed by atoms with E-state index in [1.165, 1.54) is 7.11 Å². The van der Waals surface area contributed by atoms with Crippen molar-refractivity contribution >= 4 is 22.9 Å². The second kappa shape index (κ2) is 8.24. The standard InChI is InChI=1S/C20H24O7/c1-12-14-7-6-13(24-5)10-16(14)26-19(23)15(12)8-9-17(21)25-11-18(22)27-20(2,3)4/h6-7,10H,8-9,11H2,1-5H3. The van der Waals surface area contributed by atoms with Crippen molar-refractivity contribution in [3.8, 4) is 5.75 Å². The minimum Gasteiger partial charge on any atom is -0.497 e. The van der Waals surface area contributed by atoms with Gasteiger partial charge in [-0.05, 0) is 51.8 Å². The Bertz CT molecular complexity index is 903. The third-order valence-electron chi connectivity index (χ3n) is 3.84. The third-order valence-corrected chi connectivity index (χ3v) is 3.84. The van der Waals surface area contributed by atoms with Crippen molar-refractivity contribution < 1.29 is 28.2 Å². The van der Waals surface area contributed by atoms with Crippen LogP contribution in [0.25, 0.3) is 11.0 Å². The van der Waals surface area contributed by atoms with Gasteiger partial charge in [0.1, 0.15) is 16.9 Å². The smallest absolute Gasteiger partial charge is 0.344 e. The number of hydrogen-bond donors (Lipinski definition) is 0. The maximum absolute atomic E-state index is 12.3. The third kappa shape index (κ3) is 5.57. The van der Waals surface area contributed by atoms with Crippen LogP contribution in [0.5, 0.6) is 5.75 Å². The highest BCUT2D eigenvalue weighted by Gasteiger charge is 2.18. The fraction of sp³-hybridized carbons (Fsp3) is 0.450. The Hall–Kier alpha value is -2.83. The van der Waals surface area contributed by atoms with Gasteiger partial charge in [-0.15, -0.1) is 0 Å². The number of ether oxygens (including phenoxy) is 3. The zero-order valence-corrected chi connectivity index (χ0v) is 16.2. The fourth-order valence-corrected chi connectivity index (χ4v) is 2.60. The number of fused-ring (bicyclic) bond motifs is 1. The number of carbonyl (C=O) groups is 2. The summed E-state index contributed by atoms with van der Waals surface area (Å²) in [5.74, 6) is -0.621. The van der Waals surface area contributed by atoms with Crippen LogP contribution in [0.15, 0.2) is 27.4 Å². The number of benzene rings is 1. The van der Waals surface area contributed by atoms with Crippen molar-refractivity contribution in [2.45, 2.75) is 46.1 Å². The van der Waals surface area contributed by atoms with E-state index in [0.29, 0.717) is 16.9 Å². The highest BCUT2D eigenvalue weighted by Crippen LogP contribution is 2.24. The molecule has 2 rings (SSSR count). The van der Waals surface area contributed by atoms with E-state index in [-0.39, 0.29) is 12.8 Å². The van der Waals surface area contributed by atoms with Gasteiger partial charge >= 0.3 is 17.6 Å². The molecule has 0 N–H and O–H groups in total. The zero-order valence-electron chi connectivity index (χ0n) is 16.2. The number of methoxy groups -OCH3 is 1. The molecule has 0 amide bonds. The van der Waals surface area contributed by atoms with Gasteiger partial charge in [-0.2, -0.15) is 0 Å². The average molecular weight is 376 g/mol. The van der Waals surface area contributed by atoms with Gasteiger partial charge < -0.3 is 18.6 Å². The molecule has 0 bridgehead atoms. The summed E-state index contributed by atoms with van der Waals surface area (Å²) in [6, 6.07) is 5.22. The molecule has 2 aromatic rings. The van der Waals surface area contributed by atoms with Gasteiger partial charge in [-0.1, -0.05) is 0 Å². The first-order chi connectivity index (χ1) is 12.6. The van der Waals surface area contributed by atoms with Gasteiger partial charge in [0.25, 0.3) is 0 Å². The summed E-state index contributed by atoms with van der Waals surface area (Å²) < 4.78 is 20.4. The average Bonchev–Trinajstić information content (AvgIpc) is 2.57. The zero-order chi connectivity index (χ0) is 20.2. The molecule has 0 radical (unpaired) electrons. The minimum atomic E-state index is -0.645. The Morgan fingerprint density at radius 3 is 2.48 bits per heavy atom. The predicted octanol–water partition coefficient (Wildman–Crippen LogP) is 2.93. The summed E-state index contributed by atoms with van der Waals surface area (Å²) in [6.07, 6.45) is 0.110. The summed E-state index contributed by atoms with van der Waals surface area (Å²) in [5, 5.41) is 0.771. The lowest BCUT2D eigenvalue weighted by Gasteiger charge is -2.19. The van der Waals surface area contributed by atoms with E-state index in [9.17, 15) is 14.4 Å². The molecule has 0 saturated carbocycles. The van der Waals surface area contributed by atoms with Gasteiger partial charge in [0.15, 0.2) is 6.61 Å². The molecule has 0 aliphatic rings. The van der Waals surface area contributed by atoms with E-state index < -0.39 is 29.8 Å². The summed E-state index contributed by atoms with van der Waals surface area (Å²) in [4.78, 5) is 35.7. The monoisotopic (exact) mass is 376 g/mol. The van der Waals surface area contributed by atoms with Crippen LogP contribution in [0.3, 0.4) is 0 Å².